The first-order valence-electron chi connectivity index (χ1n) is 7.07. The van der Waals surface area contributed by atoms with Crippen LogP contribution in [0.1, 0.15) is 26.2 Å². The van der Waals surface area contributed by atoms with Crippen LogP contribution in [0.15, 0.2) is 0 Å². The molecule has 0 aromatic heterocycles. The molecule has 2 fully saturated rings. The zero-order valence-electron chi connectivity index (χ0n) is 12.4. The zero-order chi connectivity index (χ0) is 15.0. The fraction of sp³-hybridized carbons (Fsp3) is 0.923. The summed E-state index contributed by atoms with van der Waals surface area (Å²) < 4.78 is 28.2. The molecule has 0 aromatic carbocycles. The summed E-state index contributed by atoms with van der Waals surface area (Å²) in [5.74, 6) is 0.215. The second kappa shape index (κ2) is 5.61. The van der Waals surface area contributed by atoms with Gasteiger partial charge in [-0.2, -0.15) is 0 Å². The molecule has 0 amide bonds. The van der Waals surface area contributed by atoms with Crippen LogP contribution >= 0.6 is 0 Å². The van der Waals surface area contributed by atoms with Crippen molar-refractivity contribution in [2.75, 3.05) is 32.2 Å². The van der Waals surface area contributed by atoms with Crippen LogP contribution in [0.3, 0.4) is 0 Å². The summed E-state index contributed by atoms with van der Waals surface area (Å²) >= 11 is 0. The van der Waals surface area contributed by atoms with Gasteiger partial charge in [0.15, 0.2) is 9.84 Å². The summed E-state index contributed by atoms with van der Waals surface area (Å²) in [5, 5.41) is 3.11. The van der Waals surface area contributed by atoms with Gasteiger partial charge in [-0.15, -0.1) is 0 Å². The quantitative estimate of drug-likeness (QED) is 0.727. The molecule has 3 atom stereocenters. The molecule has 6 nitrogen and oxygen atoms in total. The number of sulfone groups is 1. The summed E-state index contributed by atoms with van der Waals surface area (Å²) in [7, 11) is 0.290. The molecule has 1 saturated carbocycles. The second-order valence-electron chi connectivity index (χ2n) is 5.92. The molecular formula is C13H24N2O4S. The number of likely N-dealkylation sites (N-methyl/N-ethyl adjacent to an activating group) is 1. The Hall–Kier alpha value is -0.660. The minimum absolute atomic E-state index is 0.0176. The van der Waals surface area contributed by atoms with E-state index >= 15 is 0 Å². The monoisotopic (exact) mass is 304 g/mol. The maximum absolute atomic E-state index is 12.0. The molecule has 7 heteroatoms. The van der Waals surface area contributed by atoms with Crippen LogP contribution in [-0.4, -0.2) is 69.1 Å². The van der Waals surface area contributed by atoms with Gasteiger partial charge in [0.2, 0.25) is 0 Å². The van der Waals surface area contributed by atoms with E-state index in [1.807, 2.05) is 6.92 Å². The second-order valence-corrected chi connectivity index (χ2v) is 8.15. The highest BCUT2D eigenvalue weighted by Crippen LogP contribution is 2.35. The van der Waals surface area contributed by atoms with Crippen molar-refractivity contribution in [1.82, 2.24) is 10.2 Å². The van der Waals surface area contributed by atoms with E-state index in [2.05, 4.69) is 10.2 Å². The lowest BCUT2D eigenvalue weighted by Gasteiger charge is -2.38. The molecule has 116 valence electrons. The minimum atomic E-state index is -2.90. The molecule has 2 aliphatic rings. The molecule has 1 saturated heterocycles. The Morgan fingerprint density at radius 3 is 2.70 bits per heavy atom. The fourth-order valence-corrected chi connectivity index (χ4v) is 5.15. The van der Waals surface area contributed by atoms with Gasteiger partial charge >= 0.3 is 5.97 Å². The molecule has 0 aromatic rings. The third-order valence-electron chi connectivity index (χ3n) is 4.73. The maximum Gasteiger partial charge on any atom is 0.326 e. The molecule has 0 spiro atoms. The number of nitrogens with zero attached hydrogens (tertiary/aromatic N) is 1. The number of ether oxygens (including phenoxy) is 1. The first-order valence-corrected chi connectivity index (χ1v) is 8.89. The molecule has 20 heavy (non-hydrogen) atoms. The van der Waals surface area contributed by atoms with Crippen molar-refractivity contribution in [2.45, 2.75) is 43.8 Å². The summed E-state index contributed by atoms with van der Waals surface area (Å²) in [5.41, 5.74) is -0.616. The van der Waals surface area contributed by atoms with Crippen molar-refractivity contribution in [3.63, 3.8) is 0 Å². The number of esters is 1. The molecule has 0 bridgehead atoms. The smallest absolute Gasteiger partial charge is 0.326 e. The fourth-order valence-electron chi connectivity index (χ4n) is 3.57. The van der Waals surface area contributed by atoms with E-state index in [9.17, 15) is 13.2 Å². The van der Waals surface area contributed by atoms with Gasteiger partial charge in [-0.1, -0.05) is 0 Å². The standard InChI is InChI=1S/C13H24N2O4S/c1-10-9-20(17,18)7-6-15(10)11-4-5-13(8-11,14-2)12(16)19-3/h10-11,14H,4-9H2,1-3H3. The van der Waals surface area contributed by atoms with Crippen LogP contribution in [0.5, 0.6) is 0 Å². The highest BCUT2D eigenvalue weighted by atomic mass is 32.2. The minimum Gasteiger partial charge on any atom is -0.468 e. The topological polar surface area (TPSA) is 75.7 Å². The third kappa shape index (κ3) is 2.84. The first kappa shape index (κ1) is 15.7. The van der Waals surface area contributed by atoms with Gasteiger partial charge in [0, 0.05) is 18.6 Å². The van der Waals surface area contributed by atoms with Gasteiger partial charge in [-0.05, 0) is 33.2 Å². The van der Waals surface area contributed by atoms with Crippen molar-refractivity contribution in [2.24, 2.45) is 0 Å². The first-order chi connectivity index (χ1) is 9.33. The normalized spacial score (nSPS) is 37.8. The average molecular weight is 304 g/mol. The Labute approximate surface area is 120 Å². The molecule has 1 aliphatic heterocycles. The highest BCUT2D eigenvalue weighted by Gasteiger charge is 2.48. The SMILES string of the molecule is CNC1(C(=O)OC)CCC(N2CCS(=O)(=O)CC2C)C1. The summed E-state index contributed by atoms with van der Waals surface area (Å²) in [4.78, 5) is 14.2. The lowest BCUT2D eigenvalue weighted by molar-refractivity contribution is -0.148. The van der Waals surface area contributed by atoms with Crippen molar-refractivity contribution in [1.29, 1.82) is 0 Å². The van der Waals surface area contributed by atoms with Gasteiger partial charge in [-0.3, -0.25) is 9.69 Å². The van der Waals surface area contributed by atoms with Gasteiger partial charge < -0.3 is 10.1 Å². The molecule has 0 radical (unpaired) electrons. The van der Waals surface area contributed by atoms with Crippen LogP contribution in [0.25, 0.3) is 0 Å². The number of rotatable bonds is 3. The Morgan fingerprint density at radius 1 is 1.45 bits per heavy atom. The van der Waals surface area contributed by atoms with Gasteiger partial charge in [0.05, 0.1) is 18.6 Å². The molecule has 1 heterocycles. The van der Waals surface area contributed by atoms with Crippen LogP contribution in [0.2, 0.25) is 0 Å². The third-order valence-corrected chi connectivity index (χ3v) is 6.53. The van der Waals surface area contributed by atoms with E-state index in [0.29, 0.717) is 13.0 Å². The number of carbonyl (C=O) groups is 1. The van der Waals surface area contributed by atoms with Crippen LogP contribution < -0.4 is 5.32 Å². The summed E-state index contributed by atoms with van der Waals surface area (Å²) in [6, 6.07) is 0.260. The predicted octanol–water partition coefficient (Wildman–Crippen LogP) is -0.211. The van der Waals surface area contributed by atoms with E-state index in [0.717, 1.165) is 12.8 Å². The van der Waals surface area contributed by atoms with Crippen molar-refractivity contribution in [3.8, 4) is 0 Å². The van der Waals surface area contributed by atoms with Crippen molar-refractivity contribution >= 4 is 15.8 Å². The average Bonchev–Trinajstić information content (AvgIpc) is 2.82. The van der Waals surface area contributed by atoms with E-state index in [-0.39, 0.29) is 29.6 Å². The van der Waals surface area contributed by atoms with E-state index < -0.39 is 15.4 Å². The molecule has 3 unspecified atom stereocenters. The molecular weight excluding hydrogens is 280 g/mol. The lowest BCUT2D eigenvalue weighted by Crippen LogP contribution is -2.54. The van der Waals surface area contributed by atoms with Gasteiger partial charge in [0.1, 0.15) is 5.54 Å². The number of methoxy groups -OCH3 is 1. The predicted molar refractivity (Wildman–Crippen MR) is 76.3 cm³/mol. The molecule has 1 N–H and O–H groups in total. The Bertz CT molecular complexity index is 479. The summed E-state index contributed by atoms with van der Waals surface area (Å²) in [6.07, 6.45) is 2.30. The number of carbonyl (C=O) groups excluding carboxylic acids is 1. The molecule has 2 rings (SSSR count). The van der Waals surface area contributed by atoms with Crippen LogP contribution in [-0.2, 0) is 19.4 Å². The Morgan fingerprint density at radius 2 is 2.15 bits per heavy atom. The maximum atomic E-state index is 12.0. The van der Waals surface area contributed by atoms with E-state index in [1.54, 1.807) is 7.05 Å². The summed E-state index contributed by atoms with van der Waals surface area (Å²) in [6.45, 7) is 2.52. The number of hydrogen-bond donors (Lipinski definition) is 1. The number of hydrogen-bond acceptors (Lipinski definition) is 6. The lowest BCUT2D eigenvalue weighted by atomic mass is 9.97. The van der Waals surface area contributed by atoms with Gasteiger partial charge in [-0.25, -0.2) is 8.42 Å². The zero-order valence-corrected chi connectivity index (χ0v) is 13.2. The van der Waals surface area contributed by atoms with Crippen molar-refractivity contribution < 1.29 is 17.9 Å². The number of nitrogens with one attached hydrogen (secondary N) is 1. The van der Waals surface area contributed by atoms with E-state index in [4.69, 9.17) is 4.74 Å². The largest absolute Gasteiger partial charge is 0.468 e. The van der Waals surface area contributed by atoms with E-state index in [1.165, 1.54) is 7.11 Å². The highest BCUT2D eigenvalue weighted by molar-refractivity contribution is 7.91. The Kier molecular flexibility index (Phi) is 4.41. The van der Waals surface area contributed by atoms with Gasteiger partial charge in [0.25, 0.3) is 0 Å². The van der Waals surface area contributed by atoms with Crippen LogP contribution in [0, 0.1) is 0 Å². The van der Waals surface area contributed by atoms with Crippen LogP contribution in [0.4, 0.5) is 0 Å². The molecule has 1 aliphatic carbocycles. The Balaban J connectivity index is 2.08. The van der Waals surface area contributed by atoms with Crippen molar-refractivity contribution in [3.05, 3.63) is 0 Å².